The standard InChI is InChI=1S/C37H38N8O6/c1-21-5-3-18-44(21)20-30-41-26-13-12-24(19-28(26)42-30)40-34(48)23-10-8-22(9-11-23)33(47)39-17-4-16-38-27-7-2-6-25-32(27)37(51)45(36(25)50)29-14-15-31(46)43-35(29)49/h2,6-13,19,21,29,38H,3-5,14-18,20H2,1H3,(H,39,47)(H,40,48)(H,41,42)(H,43,46,49)/t21-,29?/m0/s1. The highest BCUT2D eigenvalue weighted by Crippen LogP contribution is 2.32. The molecule has 0 bridgehead atoms. The lowest BCUT2D eigenvalue weighted by Crippen LogP contribution is -2.54. The molecule has 2 fully saturated rings. The minimum Gasteiger partial charge on any atom is -0.384 e. The van der Waals surface area contributed by atoms with E-state index in [0.717, 1.165) is 34.8 Å². The van der Waals surface area contributed by atoms with E-state index < -0.39 is 29.7 Å². The number of benzene rings is 3. The number of rotatable bonds is 11. The number of likely N-dealkylation sites (tertiary alicyclic amines) is 1. The summed E-state index contributed by atoms with van der Waals surface area (Å²) < 4.78 is 0. The van der Waals surface area contributed by atoms with Gasteiger partial charge in [0.2, 0.25) is 11.8 Å². The third-order valence-electron chi connectivity index (χ3n) is 9.67. The molecule has 4 heterocycles. The SMILES string of the molecule is C[C@H]1CCCN1Cc1nc2cc(NC(=O)c3ccc(C(=O)NCCCNc4cccc5c4C(=O)N(C4CCC(=O)NC4=O)C5=O)cc3)ccc2[nH]1. The summed E-state index contributed by atoms with van der Waals surface area (Å²) in [6, 6.07) is 16.3. The third kappa shape index (κ3) is 6.95. The van der Waals surface area contributed by atoms with Crippen molar-refractivity contribution in [1.82, 2.24) is 30.4 Å². The molecule has 0 radical (unpaired) electrons. The lowest BCUT2D eigenvalue weighted by molar-refractivity contribution is -0.136. The number of amides is 6. The van der Waals surface area contributed by atoms with Crippen LogP contribution in [0.4, 0.5) is 11.4 Å². The van der Waals surface area contributed by atoms with Crippen LogP contribution in [0.3, 0.4) is 0 Å². The summed E-state index contributed by atoms with van der Waals surface area (Å²) in [4.78, 5) is 87.4. The maximum absolute atomic E-state index is 13.3. The van der Waals surface area contributed by atoms with Gasteiger partial charge in [0.1, 0.15) is 11.9 Å². The molecule has 0 spiro atoms. The number of nitrogens with zero attached hydrogens (tertiary/aromatic N) is 3. The predicted octanol–water partition coefficient (Wildman–Crippen LogP) is 3.43. The van der Waals surface area contributed by atoms with Gasteiger partial charge in [0.05, 0.1) is 28.7 Å². The Morgan fingerprint density at radius 3 is 2.45 bits per heavy atom. The van der Waals surface area contributed by atoms with Crippen molar-refractivity contribution < 1.29 is 28.8 Å². The van der Waals surface area contributed by atoms with Crippen LogP contribution in [-0.2, 0) is 16.1 Å². The minimum atomic E-state index is -1.04. The van der Waals surface area contributed by atoms with Crippen molar-refractivity contribution in [2.45, 2.75) is 57.7 Å². The number of piperidine rings is 1. The van der Waals surface area contributed by atoms with E-state index in [2.05, 4.69) is 38.1 Å². The number of aromatic amines is 1. The van der Waals surface area contributed by atoms with Crippen molar-refractivity contribution in [2.75, 3.05) is 30.3 Å². The molecule has 2 atom stereocenters. The molecular weight excluding hydrogens is 652 g/mol. The van der Waals surface area contributed by atoms with Gasteiger partial charge >= 0.3 is 0 Å². The molecule has 14 heteroatoms. The molecule has 4 aromatic rings. The second-order valence-corrected chi connectivity index (χ2v) is 13.1. The number of carbonyl (C=O) groups is 6. The highest BCUT2D eigenvalue weighted by atomic mass is 16.2. The Hall–Kier alpha value is -5.89. The Morgan fingerprint density at radius 2 is 1.71 bits per heavy atom. The van der Waals surface area contributed by atoms with Gasteiger partial charge in [-0.25, -0.2) is 4.98 Å². The van der Waals surface area contributed by atoms with Crippen molar-refractivity contribution >= 4 is 57.9 Å². The van der Waals surface area contributed by atoms with E-state index >= 15 is 0 Å². The first-order valence-electron chi connectivity index (χ1n) is 17.2. The maximum Gasteiger partial charge on any atom is 0.264 e. The van der Waals surface area contributed by atoms with E-state index in [1.165, 1.54) is 18.9 Å². The molecule has 1 aromatic heterocycles. The Kier molecular flexibility index (Phi) is 9.32. The first-order chi connectivity index (χ1) is 24.7. The summed E-state index contributed by atoms with van der Waals surface area (Å²) in [6.45, 7) is 4.79. The number of H-pyrrole nitrogens is 1. The van der Waals surface area contributed by atoms with Crippen LogP contribution in [-0.4, -0.2) is 86.9 Å². The van der Waals surface area contributed by atoms with Gasteiger partial charge < -0.3 is 20.9 Å². The van der Waals surface area contributed by atoms with E-state index in [0.29, 0.717) is 48.1 Å². The number of fused-ring (bicyclic) bond motifs is 2. The van der Waals surface area contributed by atoms with Gasteiger partial charge in [0, 0.05) is 48.1 Å². The van der Waals surface area contributed by atoms with Crippen LogP contribution in [0.25, 0.3) is 11.0 Å². The first kappa shape index (κ1) is 33.6. The van der Waals surface area contributed by atoms with E-state index in [1.807, 2.05) is 18.2 Å². The van der Waals surface area contributed by atoms with E-state index in [1.54, 1.807) is 36.4 Å². The topological polar surface area (TPSA) is 186 Å². The number of imide groups is 2. The van der Waals surface area contributed by atoms with Gasteiger partial charge in [0.15, 0.2) is 0 Å². The molecular formula is C37H38N8O6. The fraction of sp³-hybridized carbons (Fsp3) is 0.324. The quantitative estimate of drug-likeness (QED) is 0.116. The maximum atomic E-state index is 13.3. The van der Waals surface area contributed by atoms with Crippen LogP contribution < -0.4 is 21.3 Å². The molecule has 3 aromatic carbocycles. The summed E-state index contributed by atoms with van der Waals surface area (Å²) in [5, 5.41) is 11.1. The number of hydrogen-bond acceptors (Lipinski definition) is 9. The normalized spacial score (nSPS) is 19.0. The van der Waals surface area contributed by atoms with E-state index in [9.17, 15) is 28.8 Å². The first-order valence-corrected chi connectivity index (χ1v) is 17.2. The van der Waals surface area contributed by atoms with Crippen LogP contribution >= 0.6 is 0 Å². The van der Waals surface area contributed by atoms with Crippen molar-refractivity contribution in [3.8, 4) is 0 Å². The average Bonchev–Trinajstić information content (AvgIpc) is 3.79. The molecule has 7 rings (SSSR count). The van der Waals surface area contributed by atoms with Gasteiger partial charge in [-0.05, 0) is 93.7 Å². The van der Waals surface area contributed by atoms with Gasteiger partial charge in [-0.2, -0.15) is 0 Å². The second kappa shape index (κ2) is 14.2. The van der Waals surface area contributed by atoms with Crippen molar-refractivity contribution in [3.63, 3.8) is 0 Å². The lowest BCUT2D eigenvalue weighted by atomic mass is 10.0. The highest BCUT2D eigenvalue weighted by Gasteiger charge is 2.45. The number of imidazole rings is 1. The number of hydrogen-bond donors (Lipinski definition) is 5. The fourth-order valence-electron chi connectivity index (χ4n) is 6.89. The molecule has 6 amide bonds. The molecule has 3 aliphatic heterocycles. The van der Waals surface area contributed by atoms with E-state index in [-0.39, 0.29) is 35.8 Å². The van der Waals surface area contributed by atoms with Crippen LogP contribution in [0.1, 0.15) is 86.3 Å². The summed E-state index contributed by atoms with van der Waals surface area (Å²) in [7, 11) is 0. The molecule has 262 valence electrons. The zero-order chi connectivity index (χ0) is 35.6. The van der Waals surface area contributed by atoms with Crippen molar-refractivity contribution in [1.29, 1.82) is 0 Å². The second-order valence-electron chi connectivity index (χ2n) is 13.1. The van der Waals surface area contributed by atoms with Gasteiger partial charge in [0.25, 0.3) is 23.6 Å². The number of nitrogens with one attached hydrogen (secondary N) is 5. The third-order valence-corrected chi connectivity index (χ3v) is 9.67. The molecule has 1 unspecified atom stereocenters. The highest BCUT2D eigenvalue weighted by molar-refractivity contribution is 6.25. The van der Waals surface area contributed by atoms with Crippen LogP contribution in [0.5, 0.6) is 0 Å². The summed E-state index contributed by atoms with van der Waals surface area (Å²) in [5.41, 5.74) is 3.94. The molecule has 3 aliphatic rings. The Morgan fingerprint density at radius 1 is 0.922 bits per heavy atom. The minimum absolute atomic E-state index is 0.0453. The fourth-order valence-corrected chi connectivity index (χ4v) is 6.89. The summed E-state index contributed by atoms with van der Waals surface area (Å²) in [5.74, 6) is -1.96. The smallest absolute Gasteiger partial charge is 0.264 e. The monoisotopic (exact) mass is 690 g/mol. The lowest BCUT2D eigenvalue weighted by Gasteiger charge is -2.27. The molecule has 51 heavy (non-hydrogen) atoms. The van der Waals surface area contributed by atoms with E-state index in [4.69, 9.17) is 4.98 Å². The molecule has 14 nitrogen and oxygen atoms in total. The Bertz CT molecular complexity index is 2060. The molecule has 5 N–H and O–H groups in total. The zero-order valence-corrected chi connectivity index (χ0v) is 28.1. The summed E-state index contributed by atoms with van der Waals surface area (Å²) >= 11 is 0. The Balaban J connectivity index is 0.881. The number of aromatic nitrogens is 2. The van der Waals surface area contributed by atoms with Crippen LogP contribution in [0.15, 0.2) is 60.7 Å². The predicted molar refractivity (Wildman–Crippen MR) is 188 cm³/mol. The Labute approximate surface area is 293 Å². The molecule has 2 saturated heterocycles. The molecule has 0 saturated carbocycles. The largest absolute Gasteiger partial charge is 0.384 e. The van der Waals surface area contributed by atoms with Crippen molar-refractivity contribution in [3.05, 3.63) is 88.7 Å². The van der Waals surface area contributed by atoms with Crippen LogP contribution in [0, 0.1) is 0 Å². The summed E-state index contributed by atoms with van der Waals surface area (Å²) in [6.07, 6.45) is 3.03. The zero-order valence-electron chi connectivity index (χ0n) is 28.1. The molecule has 0 aliphatic carbocycles. The average molecular weight is 691 g/mol. The van der Waals surface area contributed by atoms with Crippen molar-refractivity contribution in [2.24, 2.45) is 0 Å². The number of anilines is 2. The van der Waals surface area contributed by atoms with Crippen LogP contribution in [0.2, 0.25) is 0 Å². The van der Waals surface area contributed by atoms with Gasteiger partial charge in [-0.1, -0.05) is 6.07 Å². The number of carbonyl (C=O) groups excluding carboxylic acids is 6. The van der Waals surface area contributed by atoms with Gasteiger partial charge in [-0.3, -0.25) is 43.9 Å². The van der Waals surface area contributed by atoms with Gasteiger partial charge in [-0.15, -0.1) is 0 Å².